The van der Waals surface area contributed by atoms with Crippen LogP contribution in [0.2, 0.25) is 0 Å². The van der Waals surface area contributed by atoms with E-state index in [0.29, 0.717) is 6.04 Å². The van der Waals surface area contributed by atoms with Gasteiger partial charge >= 0.3 is 0 Å². The van der Waals surface area contributed by atoms with Gasteiger partial charge in [0.25, 0.3) is 0 Å². The number of pyridine rings is 1. The smallest absolute Gasteiger partial charge is 0.0699 e. The first-order valence-corrected chi connectivity index (χ1v) is 5.94. The standard InChI is InChI=1S/C13H22N2O/c1-4-8-15-13(11(2)16-3)10-12-7-5-6-9-14-12/h5-7,9,11,13,15H,4,8,10H2,1-3H3. The maximum Gasteiger partial charge on any atom is 0.0699 e. The van der Waals surface area contributed by atoms with Crippen LogP contribution in [0.4, 0.5) is 0 Å². The molecule has 1 aromatic rings. The summed E-state index contributed by atoms with van der Waals surface area (Å²) in [6, 6.07) is 6.36. The molecular weight excluding hydrogens is 200 g/mol. The van der Waals surface area contributed by atoms with E-state index < -0.39 is 0 Å². The Hall–Kier alpha value is -0.930. The summed E-state index contributed by atoms with van der Waals surface area (Å²) in [6.45, 7) is 5.28. The topological polar surface area (TPSA) is 34.2 Å². The highest BCUT2D eigenvalue weighted by Gasteiger charge is 2.16. The Morgan fingerprint density at radius 1 is 1.44 bits per heavy atom. The molecule has 0 aliphatic heterocycles. The zero-order valence-corrected chi connectivity index (χ0v) is 10.4. The van der Waals surface area contributed by atoms with Crippen molar-refractivity contribution in [2.45, 2.75) is 38.8 Å². The lowest BCUT2D eigenvalue weighted by Gasteiger charge is -2.23. The van der Waals surface area contributed by atoms with Gasteiger partial charge in [-0.05, 0) is 32.0 Å². The molecule has 90 valence electrons. The number of hydrogen-bond acceptors (Lipinski definition) is 3. The molecule has 1 N–H and O–H groups in total. The van der Waals surface area contributed by atoms with Crippen LogP contribution in [0.1, 0.15) is 26.0 Å². The van der Waals surface area contributed by atoms with E-state index in [-0.39, 0.29) is 6.10 Å². The first-order chi connectivity index (χ1) is 7.77. The summed E-state index contributed by atoms with van der Waals surface area (Å²) in [5, 5.41) is 3.50. The molecule has 3 nitrogen and oxygen atoms in total. The molecule has 0 bridgehead atoms. The minimum atomic E-state index is 0.202. The van der Waals surface area contributed by atoms with Crippen molar-refractivity contribution >= 4 is 0 Å². The second-order valence-corrected chi connectivity index (χ2v) is 4.03. The number of rotatable bonds is 7. The normalized spacial score (nSPS) is 14.7. The number of nitrogens with zero attached hydrogens (tertiary/aromatic N) is 1. The van der Waals surface area contributed by atoms with Crippen molar-refractivity contribution in [2.24, 2.45) is 0 Å². The zero-order valence-electron chi connectivity index (χ0n) is 10.4. The van der Waals surface area contributed by atoms with E-state index in [1.807, 2.05) is 18.3 Å². The summed E-state index contributed by atoms with van der Waals surface area (Å²) in [5.74, 6) is 0. The van der Waals surface area contributed by atoms with Crippen LogP contribution in [0, 0.1) is 0 Å². The second-order valence-electron chi connectivity index (χ2n) is 4.03. The summed E-state index contributed by atoms with van der Waals surface area (Å²) in [4.78, 5) is 4.35. The molecule has 2 unspecified atom stereocenters. The maximum atomic E-state index is 5.39. The van der Waals surface area contributed by atoms with Crippen molar-refractivity contribution in [3.8, 4) is 0 Å². The largest absolute Gasteiger partial charge is 0.380 e. The van der Waals surface area contributed by atoms with Crippen LogP contribution in [-0.4, -0.2) is 30.8 Å². The van der Waals surface area contributed by atoms with Crippen LogP contribution >= 0.6 is 0 Å². The SMILES string of the molecule is CCCNC(Cc1ccccn1)C(C)OC. The molecule has 1 heterocycles. The van der Waals surface area contributed by atoms with Crippen molar-refractivity contribution in [1.82, 2.24) is 10.3 Å². The van der Waals surface area contributed by atoms with Crippen molar-refractivity contribution < 1.29 is 4.74 Å². The van der Waals surface area contributed by atoms with Gasteiger partial charge in [-0.1, -0.05) is 13.0 Å². The fourth-order valence-electron chi connectivity index (χ4n) is 1.64. The van der Waals surface area contributed by atoms with Gasteiger partial charge < -0.3 is 10.1 Å². The van der Waals surface area contributed by atoms with Crippen LogP contribution in [0.15, 0.2) is 24.4 Å². The summed E-state index contributed by atoms with van der Waals surface area (Å²) in [6.07, 6.45) is 4.09. The number of aromatic nitrogens is 1. The van der Waals surface area contributed by atoms with Crippen LogP contribution in [0.5, 0.6) is 0 Å². The molecule has 0 amide bonds. The molecule has 0 spiro atoms. The van der Waals surface area contributed by atoms with Gasteiger partial charge in [0.15, 0.2) is 0 Å². The van der Waals surface area contributed by atoms with Crippen LogP contribution in [0.3, 0.4) is 0 Å². The van der Waals surface area contributed by atoms with E-state index in [0.717, 1.165) is 25.1 Å². The third-order valence-corrected chi connectivity index (χ3v) is 2.75. The predicted octanol–water partition coefficient (Wildman–Crippen LogP) is 2.03. The van der Waals surface area contributed by atoms with Crippen LogP contribution in [0.25, 0.3) is 0 Å². The fraction of sp³-hybridized carbons (Fsp3) is 0.615. The van der Waals surface area contributed by atoms with Crippen molar-refractivity contribution in [2.75, 3.05) is 13.7 Å². The van der Waals surface area contributed by atoms with E-state index >= 15 is 0 Å². The van der Waals surface area contributed by atoms with Gasteiger partial charge in [0.1, 0.15) is 0 Å². The summed E-state index contributed by atoms with van der Waals surface area (Å²) in [7, 11) is 1.75. The summed E-state index contributed by atoms with van der Waals surface area (Å²) < 4.78 is 5.39. The Bertz CT molecular complexity index is 277. The van der Waals surface area contributed by atoms with Crippen molar-refractivity contribution in [3.05, 3.63) is 30.1 Å². The molecule has 0 radical (unpaired) electrons. The first kappa shape index (κ1) is 13.1. The first-order valence-electron chi connectivity index (χ1n) is 5.94. The molecule has 16 heavy (non-hydrogen) atoms. The van der Waals surface area contributed by atoms with E-state index in [9.17, 15) is 0 Å². The molecule has 0 aliphatic carbocycles. The molecule has 1 aromatic heterocycles. The number of methoxy groups -OCH3 is 1. The lowest BCUT2D eigenvalue weighted by atomic mass is 10.1. The van der Waals surface area contributed by atoms with Crippen LogP contribution in [-0.2, 0) is 11.2 Å². The molecule has 1 rings (SSSR count). The molecule has 2 atom stereocenters. The molecule has 0 aromatic carbocycles. The average Bonchev–Trinajstić information content (AvgIpc) is 2.34. The van der Waals surface area contributed by atoms with E-state index in [1.165, 1.54) is 0 Å². The van der Waals surface area contributed by atoms with Crippen molar-refractivity contribution in [3.63, 3.8) is 0 Å². The average molecular weight is 222 g/mol. The predicted molar refractivity (Wildman–Crippen MR) is 66.5 cm³/mol. The molecular formula is C13H22N2O. The minimum Gasteiger partial charge on any atom is -0.380 e. The van der Waals surface area contributed by atoms with Gasteiger partial charge in [0.2, 0.25) is 0 Å². The maximum absolute atomic E-state index is 5.39. The van der Waals surface area contributed by atoms with Crippen LogP contribution < -0.4 is 5.32 Å². The summed E-state index contributed by atoms with van der Waals surface area (Å²) >= 11 is 0. The number of hydrogen-bond donors (Lipinski definition) is 1. The highest BCUT2D eigenvalue weighted by Crippen LogP contribution is 2.05. The fourth-order valence-corrected chi connectivity index (χ4v) is 1.64. The van der Waals surface area contributed by atoms with Crippen molar-refractivity contribution in [1.29, 1.82) is 0 Å². The molecule has 0 fully saturated rings. The van der Waals surface area contributed by atoms with E-state index in [4.69, 9.17) is 4.74 Å². The van der Waals surface area contributed by atoms with E-state index in [1.54, 1.807) is 7.11 Å². The van der Waals surface area contributed by atoms with Gasteiger partial charge in [-0.25, -0.2) is 0 Å². The third-order valence-electron chi connectivity index (χ3n) is 2.75. The monoisotopic (exact) mass is 222 g/mol. The molecule has 3 heteroatoms. The summed E-state index contributed by atoms with van der Waals surface area (Å²) in [5.41, 5.74) is 1.11. The van der Waals surface area contributed by atoms with Gasteiger partial charge in [-0.15, -0.1) is 0 Å². The quantitative estimate of drug-likeness (QED) is 0.766. The Balaban J connectivity index is 2.56. The van der Waals surface area contributed by atoms with Gasteiger partial charge in [0, 0.05) is 31.5 Å². The number of nitrogens with one attached hydrogen (secondary N) is 1. The lowest BCUT2D eigenvalue weighted by Crippen LogP contribution is -2.41. The second kappa shape index (κ2) is 7.36. The molecule has 0 aliphatic rings. The zero-order chi connectivity index (χ0) is 11.8. The van der Waals surface area contributed by atoms with Gasteiger partial charge in [-0.2, -0.15) is 0 Å². The highest BCUT2D eigenvalue weighted by molar-refractivity contribution is 5.05. The lowest BCUT2D eigenvalue weighted by molar-refractivity contribution is 0.0827. The van der Waals surface area contributed by atoms with Gasteiger partial charge in [-0.3, -0.25) is 4.98 Å². The third kappa shape index (κ3) is 4.29. The number of ether oxygens (including phenoxy) is 1. The Labute approximate surface area is 98.2 Å². The molecule has 0 saturated heterocycles. The van der Waals surface area contributed by atoms with E-state index in [2.05, 4.69) is 30.2 Å². The Morgan fingerprint density at radius 2 is 2.25 bits per heavy atom. The Kier molecular flexibility index (Phi) is 6.04. The Morgan fingerprint density at radius 3 is 2.81 bits per heavy atom. The highest BCUT2D eigenvalue weighted by atomic mass is 16.5. The molecule has 0 saturated carbocycles. The minimum absolute atomic E-state index is 0.202. The van der Waals surface area contributed by atoms with Gasteiger partial charge in [0.05, 0.1) is 6.10 Å².